The minimum atomic E-state index is -2.94. The molecule has 7 heteroatoms. The fraction of sp³-hybridized carbons (Fsp3) is 0.562. The molecule has 0 bridgehead atoms. The Morgan fingerprint density at radius 2 is 2.09 bits per heavy atom. The van der Waals surface area contributed by atoms with E-state index < -0.39 is 9.84 Å². The van der Waals surface area contributed by atoms with Crippen molar-refractivity contribution in [3.8, 4) is 0 Å². The SMILES string of the molecule is COCCCN(C(=S)Nc1ccc(C)cc1)[C@@H]1CCS(=O)(=O)C1. The van der Waals surface area contributed by atoms with Crippen LogP contribution in [0.3, 0.4) is 0 Å². The van der Waals surface area contributed by atoms with E-state index in [4.69, 9.17) is 17.0 Å². The average Bonchev–Trinajstić information content (AvgIpc) is 2.86. The Kier molecular flexibility index (Phi) is 6.38. The van der Waals surface area contributed by atoms with Gasteiger partial charge in [0, 0.05) is 32.0 Å². The largest absolute Gasteiger partial charge is 0.385 e. The quantitative estimate of drug-likeness (QED) is 0.623. The predicted octanol–water partition coefficient (Wildman–Crippen LogP) is 2.22. The summed E-state index contributed by atoms with van der Waals surface area (Å²) in [6.45, 7) is 3.34. The van der Waals surface area contributed by atoms with Crippen molar-refractivity contribution in [2.45, 2.75) is 25.8 Å². The molecule has 1 aromatic carbocycles. The molecule has 1 heterocycles. The molecule has 0 aromatic heterocycles. The second kappa shape index (κ2) is 8.08. The van der Waals surface area contributed by atoms with Crippen LogP contribution in [0.4, 0.5) is 5.69 Å². The van der Waals surface area contributed by atoms with Crippen molar-refractivity contribution in [1.29, 1.82) is 0 Å². The number of hydrogen-bond donors (Lipinski definition) is 1. The maximum absolute atomic E-state index is 11.8. The van der Waals surface area contributed by atoms with E-state index in [0.717, 1.165) is 12.1 Å². The van der Waals surface area contributed by atoms with Crippen molar-refractivity contribution < 1.29 is 13.2 Å². The van der Waals surface area contributed by atoms with Gasteiger partial charge in [0.25, 0.3) is 0 Å². The molecule has 5 nitrogen and oxygen atoms in total. The van der Waals surface area contributed by atoms with Crippen molar-refractivity contribution in [2.24, 2.45) is 0 Å². The Bertz CT molecular complexity index is 629. The van der Waals surface area contributed by atoms with Crippen molar-refractivity contribution in [1.82, 2.24) is 4.90 Å². The Balaban J connectivity index is 2.05. The zero-order valence-electron chi connectivity index (χ0n) is 13.6. The van der Waals surface area contributed by atoms with E-state index in [1.807, 2.05) is 36.1 Å². The van der Waals surface area contributed by atoms with Gasteiger partial charge < -0.3 is 15.0 Å². The molecule has 1 fully saturated rings. The van der Waals surface area contributed by atoms with E-state index in [1.54, 1.807) is 7.11 Å². The normalized spacial score (nSPS) is 19.5. The molecule has 0 amide bonds. The Labute approximate surface area is 143 Å². The zero-order chi connectivity index (χ0) is 16.9. The molecule has 1 aliphatic heterocycles. The second-order valence-corrected chi connectivity index (χ2v) is 8.51. The lowest BCUT2D eigenvalue weighted by atomic mass is 10.2. The Hall–Kier alpha value is -1.18. The average molecular weight is 357 g/mol. The van der Waals surface area contributed by atoms with E-state index in [-0.39, 0.29) is 17.5 Å². The van der Waals surface area contributed by atoms with Gasteiger partial charge in [0.15, 0.2) is 14.9 Å². The zero-order valence-corrected chi connectivity index (χ0v) is 15.3. The molecule has 1 atom stereocenters. The summed E-state index contributed by atoms with van der Waals surface area (Å²) in [7, 11) is -1.28. The summed E-state index contributed by atoms with van der Waals surface area (Å²) in [6, 6.07) is 7.92. The first-order valence-electron chi connectivity index (χ1n) is 7.75. The molecule has 128 valence electrons. The lowest BCUT2D eigenvalue weighted by Crippen LogP contribution is -2.44. The third kappa shape index (κ3) is 5.44. The number of ether oxygens (including phenoxy) is 1. The Morgan fingerprint density at radius 3 is 2.65 bits per heavy atom. The van der Waals surface area contributed by atoms with Crippen LogP contribution in [0.25, 0.3) is 0 Å². The first kappa shape index (κ1) is 18.2. The highest BCUT2D eigenvalue weighted by Crippen LogP contribution is 2.20. The van der Waals surface area contributed by atoms with Gasteiger partial charge in [-0.2, -0.15) is 0 Å². The van der Waals surface area contributed by atoms with Crippen molar-refractivity contribution in [2.75, 3.05) is 37.1 Å². The van der Waals surface area contributed by atoms with E-state index in [1.165, 1.54) is 5.56 Å². The molecule has 2 rings (SSSR count). The van der Waals surface area contributed by atoms with E-state index >= 15 is 0 Å². The second-order valence-electron chi connectivity index (χ2n) is 5.89. The van der Waals surface area contributed by atoms with Crippen LogP contribution in [0.15, 0.2) is 24.3 Å². The van der Waals surface area contributed by atoms with Crippen molar-refractivity contribution in [3.63, 3.8) is 0 Å². The molecule has 0 saturated carbocycles. The summed E-state index contributed by atoms with van der Waals surface area (Å²) in [5.74, 6) is 0.418. The van der Waals surface area contributed by atoms with Gasteiger partial charge in [0.2, 0.25) is 0 Å². The highest BCUT2D eigenvalue weighted by Gasteiger charge is 2.33. The topological polar surface area (TPSA) is 58.6 Å². The van der Waals surface area contributed by atoms with Gasteiger partial charge in [-0.25, -0.2) is 8.42 Å². The molecular weight excluding hydrogens is 332 g/mol. The predicted molar refractivity (Wildman–Crippen MR) is 97.7 cm³/mol. The minimum Gasteiger partial charge on any atom is -0.385 e. The van der Waals surface area contributed by atoms with Crippen LogP contribution >= 0.6 is 12.2 Å². The summed E-state index contributed by atoms with van der Waals surface area (Å²) in [4.78, 5) is 2.00. The lowest BCUT2D eigenvalue weighted by Gasteiger charge is -2.31. The highest BCUT2D eigenvalue weighted by atomic mass is 32.2. The molecule has 23 heavy (non-hydrogen) atoms. The van der Waals surface area contributed by atoms with E-state index in [2.05, 4.69) is 5.32 Å². The molecule has 0 radical (unpaired) electrons. The molecule has 1 N–H and O–H groups in total. The fourth-order valence-corrected chi connectivity index (χ4v) is 4.77. The molecule has 1 aromatic rings. The summed E-state index contributed by atoms with van der Waals surface area (Å²) < 4.78 is 28.7. The molecule has 1 saturated heterocycles. The number of benzene rings is 1. The van der Waals surface area contributed by atoms with E-state index in [0.29, 0.717) is 24.7 Å². The molecular formula is C16H24N2O3S2. The summed E-state index contributed by atoms with van der Waals surface area (Å²) >= 11 is 5.53. The van der Waals surface area contributed by atoms with Gasteiger partial charge in [-0.1, -0.05) is 17.7 Å². The monoisotopic (exact) mass is 356 g/mol. The van der Waals surface area contributed by atoms with Gasteiger partial charge in [0.1, 0.15) is 0 Å². The summed E-state index contributed by atoms with van der Waals surface area (Å²) in [6.07, 6.45) is 1.44. The van der Waals surface area contributed by atoms with Crippen LogP contribution in [-0.2, 0) is 14.6 Å². The smallest absolute Gasteiger partial charge is 0.173 e. The van der Waals surface area contributed by atoms with Gasteiger partial charge in [-0.05, 0) is 44.1 Å². The number of nitrogens with zero attached hydrogens (tertiary/aromatic N) is 1. The van der Waals surface area contributed by atoms with Crippen LogP contribution in [-0.4, -0.2) is 56.2 Å². The van der Waals surface area contributed by atoms with Crippen LogP contribution in [0.1, 0.15) is 18.4 Å². The maximum atomic E-state index is 11.8. The van der Waals surface area contributed by atoms with Gasteiger partial charge in [-0.15, -0.1) is 0 Å². The highest BCUT2D eigenvalue weighted by molar-refractivity contribution is 7.91. The molecule has 0 unspecified atom stereocenters. The number of thiocarbonyl (C=S) groups is 1. The number of nitrogens with one attached hydrogen (secondary N) is 1. The van der Waals surface area contributed by atoms with Crippen LogP contribution in [0.2, 0.25) is 0 Å². The van der Waals surface area contributed by atoms with Crippen molar-refractivity contribution in [3.05, 3.63) is 29.8 Å². The maximum Gasteiger partial charge on any atom is 0.173 e. The van der Waals surface area contributed by atoms with E-state index in [9.17, 15) is 8.42 Å². The van der Waals surface area contributed by atoms with Gasteiger partial charge in [-0.3, -0.25) is 0 Å². The molecule has 0 aliphatic carbocycles. The number of anilines is 1. The third-order valence-electron chi connectivity index (χ3n) is 3.96. The fourth-order valence-electron chi connectivity index (χ4n) is 2.68. The molecule has 1 aliphatic rings. The van der Waals surface area contributed by atoms with Gasteiger partial charge in [0.05, 0.1) is 11.5 Å². The lowest BCUT2D eigenvalue weighted by molar-refractivity contribution is 0.181. The standard InChI is InChI=1S/C16H24N2O3S2/c1-13-4-6-14(7-5-13)17-16(22)18(9-3-10-21-2)15-8-11-23(19,20)12-15/h4-7,15H,3,8-12H2,1-2H3,(H,17,22)/t15-/m1/s1. The Morgan fingerprint density at radius 1 is 1.39 bits per heavy atom. The number of aryl methyl sites for hydroxylation is 1. The minimum absolute atomic E-state index is 0.0534. The van der Waals surface area contributed by atoms with Crippen LogP contribution in [0, 0.1) is 6.92 Å². The number of sulfone groups is 1. The number of methoxy groups -OCH3 is 1. The molecule has 0 spiro atoms. The van der Waals surface area contributed by atoms with Crippen LogP contribution in [0.5, 0.6) is 0 Å². The number of rotatable bonds is 6. The van der Waals surface area contributed by atoms with Crippen LogP contribution < -0.4 is 5.32 Å². The first-order valence-corrected chi connectivity index (χ1v) is 9.98. The summed E-state index contributed by atoms with van der Waals surface area (Å²) in [5.41, 5.74) is 2.10. The first-order chi connectivity index (χ1) is 10.9. The number of hydrogen-bond acceptors (Lipinski definition) is 4. The van der Waals surface area contributed by atoms with Gasteiger partial charge >= 0.3 is 0 Å². The summed E-state index contributed by atoms with van der Waals surface area (Å²) in [5, 5.41) is 3.80. The van der Waals surface area contributed by atoms with Crippen molar-refractivity contribution >= 4 is 32.9 Å². The third-order valence-corrected chi connectivity index (χ3v) is 6.05.